The Labute approximate surface area is 152 Å². The Bertz CT molecular complexity index is 667. The van der Waals surface area contributed by atoms with Crippen LogP contribution >= 0.6 is 0 Å². The van der Waals surface area contributed by atoms with Gasteiger partial charge in [-0.1, -0.05) is 55.7 Å². The lowest BCUT2D eigenvalue weighted by Crippen LogP contribution is -2.17. The summed E-state index contributed by atoms with van der Waals surface area (Å²) in [5.74, 6) is 0.724. The third-order valence-electron chi connectivity index (χ3n) is 5.16. The van der Waals surface area contributed by atoms with Crippen LogP contribution in [0.3, 0.4) is 0 Å². The first kappa shape index (κ1) is 19.4. The summed E-state index contributed by atoms with van der Waals surface area (Å²) >= 11 is 0. The van der Waals surface area contributed by atoms with E-state index in [0.29, 0.717) is 5.92 Å². The average molecular weight is 341 g/mol. The van der Waals surface area contributed by atoms with Crippen LogP contribution in [0.5, 0.6) is 11.5 Å². The number of unbranched alkanes of at least 4 members (excludes halogenated alkanes) is 3. The van der Waals surface area contributed by atoms with Crippen LogP contribution in [0.25, 0.3) is 6.08 Å². The average Bonchev–Trinajstić information content (AvgIpc) is 2.53. The van der Waals surface area contributed by atoms with E-state index in [1.807, 2.05) is 0 Å². The zero-order valence-corrected chi connectivity index (χ0v) is 15.9. The molecule has 1 aliphatic rings. The Hall–Kier alpha value is -1.96. The molecule has 0 heterocycles. The van der Waals surface area contributed by atoms with Gasteiger partial charge in [-0.15, -0.1) is 0 Å². The highest BCUT2D eigenvalue weighted by atomic mass is 16.3. The predicted octanol–water partition coefficient (Wildman–Crippen LogP) is 6.71. The van der Waals surface area contributed by atoms with Gasteiger partial charge in [0.15, 0.2) is 0 Å². The second-order valence-corrected chi connectivity index (χ2v) is 7.40. The third-order valence-corrected chi connectivity index (χ3v) is 5.16. The van der Waals surface area contributed by atoms with Gasteiger partial charge in [0.1, 0.15) is 11.5 Å². The van der Waals surface area contributed by atoms with Gasteiger partial charge in [0.05, 0.1) is 0 Å². The first-order valence-electron chi connectivity index (χ1n) is 9.49. The van der Waals surface area contributed by atoms with Gasteiger partial charge >= 0.3 is 0 Å². The van der Waals surface area contributed by atoms with Gasteiger partial charge in [-0.2, -0.15) is 0 Å². The van der Waals surface area contributed by atoms with Crippen LogP contribution in [0.1, 0.15) is 76.3 Å². The van der Waals surface area contributed by atoms with Gasteiger partial charge in [-0.05, 0) is 57.1 Å². The molecule has 2 heteroatoms. The molecule has 1 aromatic rings. The fourth-order valence-corrected chi connectivity index (χ4v) is 3.77. The Morgan fingerprint density at radius 1 is 1.28 bits per heavy atom. The lowest BCUT2D eigenvalue weighted by molar-refractivity contribution is 0.426. The van der Waals surface area contributed by atoms with Crippen LogP contribution in [-0.2, 0) is 0 Å². The number of phenolic OH excluding ortho intramolecular Hbond substituents is 2. The Balaban J connectivity index is 2.41. The van der Waals surface area contributed by atoms with Crippen molar-refractivity contribution in [1.82, 2.24) is 0 Å². The summed E-state index contributed by atoms with van der Waals surface area (Å²) in [7, 11) is 0. The van der Waals surface area contributed by atoms with E-state index < -0.39 is 0 Å². The maximum Gasteiger partial charge on any atom is 0.123 e. The molecular formula is C23H32O2. The minimum absolute atomic E-state index is 0.109. The van der Waals surface area contributed by atoms with E-state index in [4.69, 9.17) is 0 Å². The third kappa shape index (κ3) is 5.01. The Morgan fingerprint density at radius 2 is 2.04 bits per heavy atom. The van der Waals surface area contributed by atoms with Gasteiger partial charge < -0.3 is 10.2 Å². The molecule has 0 radical (unpaired) electrons. The van der Waals surface area contributed by atoms with E-state index in [1.165, 1.54) is 30.9 Å². The molecule has 2 rings (SSSR count). The van der Waals surface area contributed by atoms with Crippen molar-refractivity contribution in [2.24, 2.45) is 5.92 Å². The molecule has 0 fully saturated rings. The zero-order chi connectivity index (χ0) is 18.4. The van der Waals surface area contributed by atoms with Crippen LogP contribution < -0.4 is 0 Å². The molecule has 0 aliphatic heterocycles. The molecular weight excluding hydrogens is 308 g/mol. The first-order chi connectivity index (χ1) is 11.9. The topological polar surface area (TPSA) is 40.5 Å². The van der Waals surface area contributed by atoms with Gasteiger partial charge in [0, 0.05) is 17.5 Å². The van der Waals surface area contributed by atoms with Gasteiger partial charge in [-0.3, -0.25) is 0 Å². The van der Waals surface area contributed by atoms with E-state index in [9.17, 15) is 10.2 Å². The molecule has 0 saturated carbocycles. The van der Waals surface area contributed by atoms with Crippen molar-refractivity contribution in [1.29, 1.82) is 0 Å². The summed E-state index contributed by atoms with van der Waals surface area (Å²) in [6.45, 7) is 10.6. The number of phenols is 2. The molecule has 2 atom stereocenters. The van der Waals surface area contributed by atoms with Crippen molar-refractivity contribution in [2.75, 3.05) is 0 Å². The van der Waals surface area contributed by atoms with E-state index in [1.54, 1.807) is 6.07 Å². The van der Waals surface area contributed by atoms with Crippen molar-refractivity contribution in [3.8, 4) is 11.5 Å². The van der Waals surface area contributed by atoms with Crippen molar-refractivity contribution in [2.45, 2.75) is 65.2 Å². The summed E-state index contributed by atoms with van der Waals surface area (Å²) in [5.41, 5.74) is 4.33. The largest absolute Gasteiger partial charge is 0.508 e. The standard InChI is InChI=1S/C23H32O2/c1-5-6-7-8-9-10-18-14-19(24)15-22(25)23(18)21-13-17(4)11-12-20(21)16(2)3/h9-10,13-15,20-21,24-25H,2,5-8,11-12H2,1,3-4H3/b10-9-/t20?,21-/m1/s1. The summed E-state index contributed by atoms with van der Waals surface area (Å²) in [6, 6.07) is 3.22. The van der Waals surface area contributed by atoms with Crippen molar-refractivity contribution in [3.63, 3.8) is 0 Å². The van der Waals surface area contributed by atoms with Gasteiger partial charge in [-0.25, -0.2) is 0 Å². The number of benzene rings is 1. The molecule has 136 valence electrons. The quantitative estimate of drug-likeness (QED) is 0.428. The lowest BCUT2D eigenvalue weighted by atomic mass is 9.73. The molecule has 1 unspecified atom stereocenters. The highest BCUT2D eigenvalue weighted by molar-refractivity contribution is 5.63. The molecule has 1 aromatic carbocycles. The van der Waals surface area contributed by atoms with E-state index in [2.05, 4.69) is 45.6 Å². The molecule has 0 bridgehead atoms. The van der Waals surface area contributed by atoms with E-state index in [-0.39, 0.29) is 17.4 Å². The maximum absolute atomic E-state index is 10.6. The van der Waals surface area contributed by atoms with Crippen LogP contribution in [-0.4, -0.2) is 10.2 Å². The molecule has 2 N–H and O–H groups in total. The summed E-state index contributed by atoms with van der Waals surface area (Å²) < 4.78 is 0. The van der Waals surface area contributed by atoms with E-state index in [0.717, 1.165) is 36.0 Å². The highest BCUT2D eigenvalue weighted by Crippen LogP contribution is 2.45. The zero-order valence-electron chi connectivity index (χ0n) is 15.9. The maximum atomic E-state index is 10.6. The molecule has 2 nitrogen and oxygen atoms in total. The van der Waals surface area contributed by atoms with E-state index >= 15 is 0 Å². The molecule has 0 spiro atoms. The van der Waals surface area contributed by atoms with Crippen LogP contribution in [0.2, 0.25) is 0 Å². The molecule has 0 saturated heterocycles. The number of allylic oxidation sites excluding steroid dienone is 4. The van der Waals surface area contributed by atoms with Gasteiger partial charge in [0.2, 0.25) is 0 Å². The monoisotopic (exact) mass is 340 g/mol. The molecule has 0 aromatic heterocycles. The number of hydrogen-bond donors (Lipinski definition) is 2. The molecule has 25 heavy (non-hydrogen) atoms. The van der Waals surface area contributed by atoms with Crippen molar-refractivity contribution in [3.05, 3.63) is 53.1 Å². The number of aromatic hydroxyl groups is 2. The van der Waals surface area contributed by atoms with Gasteiger partial charge in [0.25, 0.3) is 0 Å². The van der Waals surface area contributed by atoms with Crippen LogP contribution in [0, 0.1) is 5.92 Å². The normalized spacial score (nSPS) is 20.7. The van der Waals surface area contributed by atoms with Crippen molar-refractivity contribution < 1.29 is 10.2 Å². The summed E-state index contributed by atoms with van der Waals surface area (Å²) in [6.07, 6.45) is 13.2. The summed E-state index contributed by atoms with van der Waals surface area (Å²) in [4.78, 5) is 0. The predicted molar refractivity (Wildman–Crippen MR) is 107 cm³/mol. The Morgan fingerprint density at radius 3 is 2.72 bits per heavy atom. The number of rotatable bonds is 7. The van der Waals surface area contributed by atoms with Crippen molar-refractivity contribution >= 4 is 6.08 Å². The molecule has 1 aliphatic carbocycles. The number of hydrogen-bond acceptors (Lipinski definition) is 2. The minimum Gasteiger partial charge on any atom is -0.508 e. The van der Waals surface area contributed by atoms with Crippen LogP contribution in [0.15, 0.2) is 42.0 Å². The fraction of sp³-hybridized carbons (Fsp3) is 0.478. The summed E-state index contributed by atoms with van der Waals surface area (Å²) in [5, 5.41) is 20.6. The lowest BCUT2D eigenvalue weighted by Gasteiger charge is -2.32. The minimum atomic E-state index is 0.109. The smallest absolute Gasteiger partial charge is 0.123 e. The SMILES string of the molecule is C=C(C)C1CCC(C)=C[C@H]1c1c(O)cc(O)cc1/C=C\CCCCC. The second-order valence-electron chi connectivity index (χ2n) is 7.40. The Kier molecular flexibility index (Phi) is 6.92. The van der Waals surface area contributed by atoms with Crippen LogP contribution in [0.4, 0.5) is 0 Å². The first-order valence-corrected chi connectivity index (χ1v) is 9.49. The second kappa shape index (κ2) is 8.94. The molecule has 0 amide bonds. The highest BCUT2D eigenvalue weighted by Gasteiger charge is 2.29. The fourth-order valence-electron chi connectivity index (χ4n) is 3.77.